The number of Topliss-reactive ketones (excluding diaryl/α,β-unsaturated/α-hetero) is 1. The van der Waals surface area contributed by atoms with E-state index in [4.69, 9.17) is 10.00 Å². The van der Waals surface area contributed by atoms with Gasteiger partial charge in [0.2, 0.25) is 5.91 Å². The summed E-state index contributed by atoms with van der Waals surface area (Å²) in [6.07, 6.45) is 1.45. The van der Waals surface area contributed by atoms with Crippen LogP contribution >= 0.6 is 0 Å². The van der Waals surface area contributed by atoms with Crippen LogP contribution in [-0.4, -0.2) is 24.8 Å². The van der Waals surface area contributed by atoms with Crippen LogP contribution in [0.3, 0.4) is 0 Å². The van der Waals surface area contributed by atoms with E-state index in [2.05, 4.69) is 6.07 Å². The Hall–Kier alpha value is -3.91. The molecule has 30 heavy (non-hydrogen) atoms. The Morgan fingerprint density at radius 3 is 2.13 bits per heavy atom. The largest absolute Gasteiger partial charge is 0.485 e. The first-order valence-corrected chi connectivity index (χ1v) is 9.81. The number of amides is 1. The molecule has 1 amide bonds. The summed E-state index contributed by atoms with van der Waals surface area (Å²) in [6.45, 7) is 0.673. The average Bonchev–Trinajstić information content (AvgIpc) is 3.24. The van der Waals surface area contributed by atoms with Crippen LogP contribution in [0.15, 0.2) is 72.8 Å². The number of hydrogen-bond donors (Lipinski definition) is 0. The molecular formula is C25H20N2O3. The summed E-state index contributed by atoms with van der Waals surface area (Å²) in [6, 6.07) is 24.0. The van der Waals surface area contributed by atoms with Gasteiger partial charge in [0, 0.05) is 24.2 Å². The Labute approximate surface area is 175 Å². The molecule has 1 heterocycles. The predicted octanol–water partition coefficient (Wildman–Crippen LogP) is 4.61. The lowest BCUT2D eigenvalue weighted by Crippen LogP contribution is -2.23. The molecule has 148 valence electrons. The van der Waals surface area contributed by atoms with Crippen LogP contribution in [-0.2, 0) is 4.79 Å². The lowest BCUT2D eigenvalue weighted by Gasteiger charge is -2.15. The molecule has 0 spiro atoms. The molecule has 4 rings (SSSR count). The zero-order chi connectivity index (χ0) is 20.9. The van der Waals surface area contributed by atoms with Crippen molar-refractivity contribution in [3.05, 3.63) is 83.9 Å². The van der Waals surface area contributed by atoms with Crippen molar-refractivity contribution in [2.75, 3.05) is 18.1 Å². The van der Waals surface area contributed by atoms with Gasteiger partial charge >= 0.3 is 0 Å². The first-order valence-electron chi connectivity index (χ1n) is 9.81. The summed E-state index contributed by atoms with van der Waals surface area (Å²) in [4.78, 5) is 26.0. The number of hydrogen-bond acceptors (Lipinski definition) is 4. The third-order valence-electron chi connectivity index (χ3n) is 5.15. The number of rotatable bonds is 6. The quantitative estimate of drug-likeness (QED) is 0.570. The summed E-state index contributed by atoms with van der Waals surface area (Å²) < 4.78 is 5.64. The Morgan fingerprint density at radius 1 is 0.933 bits per heavy atom. The van der Waals surface area contributed by atoms with E-state index in [1.807, 2.05) is 48.5 Å². The van der Waals surface area contributed by atoms with E-state index in [9.17, 15) is 9.59 Å². The molecular weight excluding hydrogens is 376 g/mol. The Morgan fingerprint density at radius 2 is 1.57 bits per heavy atom. The minimum atomic E-state index is -0.120. The van der Waals surface area contributed by atoms with Gasteiger partial charge in [0.15, 0.2) is 12.4 Å². The third kappa shape index (κ3) is 4.23. The number of nitriles is 1. The third-order valence-corrected chi connectivity index (χ3v) is 5.15. The van der Waals surface area contributed by atoms with Gasteiger partial charge in [-0.25, -0.2) is 0 Å². The molecule has 1 aliphatic rings. The molecule has 5 nitrogen and oxygen atoms in total. The molecule has 0 N–H and O–H groups in total. The number of ketones is 1. The van der Waals surface area contributed by atoms with E-state index in [1.54, 1.807) is 29.2 Å². The van der Waals surface area contributed by atoms with E-state index >= 15 is 0 Å². The summed E-state index contributed by atoms with van der Waals surface area (Å²) in [5, 5.41) is 8.89. The van der Waals surface area contributed by atoms with Crippen LogP contribution in [0.1, 0.15) is 28.8 Å². The molecule has 0 aromatic heterocycles. The number of nitrogens with zero attached hydrogens (tertiary/aromatic N) is 2. The van der Waals surface area contributed by atoms with Gasteiger partial charge in [0.1, 0.15) is 5.75 Å². The Kier molecular flexibility index (Phi) is 5.58. The number of anilines is 1. The topological polar surface area (TPSA) is 70.4 Å². The average molecular weight is 396 g/mol. The van der Waals surface area contributed by atoms with Crippen LogP contribution < -0.4 is 9.64 Å². The highest BCUT2D eigenvalue weighted by atomic mass is 16.5. The molecule has 1 aliphatic heterocycles. The van der Waals surface area contributed by atoms with E-state index in [0.717, 1.165) is 29.8 Å². The van der Waals surface area contributed by atoms with Gasteiger partial charge in [-0.1, -0.05) is 24.3 Å². The fraction of sp³-hybridized carbons (Fsp3) is 0.160. The highest BCUT2D eigenvalue weighted by Gasteiger charge is 2.21. The monoisotopic (exact) mass is 396 g/mol. The number of ether oxygens (including phenoxy) is 1. The van der Waals surface area contributed by atoms with Crippen molar-refractivity contribution in [3.8, 4) is 22.9 Å². The van der Waals surface area contributed by atoms with E-state index < -0.39 is 0 Å². The predicted molar refractivity (Wildman–Crippen MR) is 114 cm³/mol. The summed E-state index contributed by atoms with van der Waals surface area (Å²) in [5.41, 5.74) is 4.02. The minimum absolute atomic E-state index is 0.0573. The lowest BCUT2D eigenvalue weighted by atomic mass is 10.0. The normalized spacial score (nSPS) is 13.2. The van der Waals surface area contributed by atoms with Crippen LogP contribution in [0.4, 0.5) is 5.69 Å². The van der Waals surface area contributed by atoms with Crippen LogP contribution in [0.5, 0.6) is 5.75 Å². The first-order chi connectivity index (χ1) is 14.6. The Bertz CT molecular complexity index is 1100. The smallest absolute Gasteiger partial charge is 0.227 e. The van der Waals surface area contributed by atoms with Crippen LogP contribution in [0, 0.1) is 11.3 Å². The van der Waals surface area contributed by atoms with Gasteiger partial charge in [-0.2, -0.15) is 5.26 Å². The molecule has 0 aliphatic carbocycles. The molecule has 3 aromatic rings. The maximum absolute atomic E-state index is 12.4. The fourth-order valence-corrected chi connectivity index (χ4v) is 3.46. The highest BCUT2D eigenvalue weighted by molar-refractivity contribution is 5.99. The van der Waals surface area contributed by atoms with Crippen molar-refractivity contribution in [2.45, 2.75) is 12.8 Å². The maximum Gasteiger partial charge on any atom is 0.227 e. The van der Waals surface area contributed by atoms with Gasteiger partial charge < -0.3 is 9.64 Å². The lowest BCUT2D eigenvalue weighted by molar-refractivity contribution is -0.117. The molecule has 0 radical (unpaired) electrons. The highest BCUT2D eigenvalue weighted by Crippen LogP contribution is 2.24. The minimum Gasteiger partial charge on any atom is -0.485 e. The molecule has 1 fully saturated rings. The van der Waals surface area contributed by atoms with E-state index in [1.165, 1.54) is 0 Å². The van der Waals surface area contributed by atoms with Gasteiger partial charge in [0.05, 0.1) is 11.6 Å². The summed E-state index contributed by atoms with van der Waals surface area (Å²) >= 11 is 0. The molecule has 1 saturated heterocycles. The van der Waals surface area contributed by atoms with Gasteiger partial charge in [-0.05, 0) is 66.1 Å². The van der Waals surface area contributed by atoms with Gasteiger partial charge in [-0.3, -0.25) is 9.59 Å². The van der Waals surface area contributed by atoms with Crippen molar-refractivity contribution < 1.29 is 14.3 Å². The van der Waals surface area contributed by atoms with E-state index in [-0.39, 0.29) is 18.3 Å². The van der Waals surface area contributed by atoms with Crippen molar-refractivity contribution in [3.63, 3.8) is 0 Å². The van der Waals surface area contributed by atoms with Gasteiger partial charge in [0.25, 0.3) is 0 Å². The zero-order valence-electron chi connectivity index (χ0n) is 16.4. The van der Waals surface area contributed by atoms with Crippen molar-refractivity contribution in [1.29, 1.82) is 5.26 Å². The van der Waals surface area contributed by atoms with Crippen molar-refractivity contribution >= 4 is 17.4 Å². The molecule has 0 bridgehead atoms. The maximum atomic E-state index is 12.4. The number of carbonyl (C=O) groups is 2. The van der Waals surface area contributed by atoms with Crippen LogP contribution in [0.2, 0.25) is 0 Å². The second kappa shape index (κ2) is 8.62. The molecule has 5 heteroatoms. The second-order valence-corrected chi connectivity index (χ2v) is 7.12. The van der Waals surface area contributed by atoms with E-state index in [0.29, 0.717) is 23.3 Å². The number of benzene rings is 3. The summed E-state index contributed by atoms with van der Waals surface area (Å²) in [7, 11) is 0. The van der Waals surface area contributed by atoms with Gasteiger partial charge in [-0.15, -0.1) is 0 Å². The second-order valence-electron chi connectivity index (χ2n) is 7.12. The SMILES string of the molecule is N#Cc1ccc(-c2ccc(OCC(=O)c3ccc(N4CCCC4=O)cc3)cc2)cc1. The van der Waals surface area contributed by atoms with Crippen LogP contribution in [0.25, 0.3) is 11.1 Å². The molecule has 3 aromatic carbocycles. The molecule has 0 unspecified atom stereocenters. The molecule has 0 atom stereocenters. The molecule has 0 saturated carbocycles. The first kappa shape index (κ1) is 19.4. The van der Waals surface area contributed by atoms with Crippen molar-refractivity contribution in [2.24, 2.45) is 0 Å². The number of carbonyl (C=O) groups excluding carboxylic acids is 2. The van der Waals surface area contributed by atoms with Crippen molar-refractivity contribution in [1.82, 2.24) is 0 Å². The Balaban J connectivity index is 1.35. The summed E-state index contributed by atoms with van der Waals surface area (Å²) in [5.74, 6) is 0.618. The zero-order valence-corrected chi connectivity index (χ0v) is 16.4. The fourth-order valence-electron chi connectivity index (χ4n) is 3.46. The standard InChI is InChI=1S/C25H20N2O3/c26-16-18-3-5-19(6-4-18)20-9-13-23(14-10-20)30-17-24(28)21-7-11-22(12-8-21)27-15-1-2-25(27)29/h3-14H,1-2,15,17H2.